The van der Waals surface area contributed by atoms with Gasteiger partial charge in [0, 0.05) is 18.3 Å². The third kappa shape index (κ3) is 3.64. The van der Waals surface area contributed by atoms with Gasteiger partial charge in [0.05, 0.1) is 18.8 Å². The van der Waals surface area contributed by atoms with E-state index < -0.39 is 42.5 Å². The Bertz CT molecular complexity index is 1320. The third-order valence-corrected chi connectivity index (χ3v) is 15.9. The Morgan fingerprint density at radius 2 is 1.63 bits per heavy atom. The fourth-order valence-electron chi connectivity index (χ4n) is 14.1. The molecule has 9 heteroatoms. The highest BCUT2D eigenvalue weighted by molar-refractivity contribution is 5.66. The normalized spacial score (nSPS) is 59.3. The molecule has 8 rings (SSSR count). The lowest BCUT2D eigenvalue weighted by Gasteiger charge is -2.63. The van der Waals surface area contributed by atoms with Crippen molar-refractivity contribution in [3.8, 4) is 0 Å². The molecule has 0 radical (unpaired) electrons. The molecule has 3 heterocycles. The van der Waals surface area contributed by atoms with Gasteiger partial charge in [-0.05, 0) is 103 Å². The molecule has 0 amide bonds. The summed E-state index contributed by atoms with van der Waals surface area (Å²) in [4.78, 5) is 11.9. The van der Waals surface area contributed by atoms with E-state index in [0.717, 1.165) is 44.1 Å². The van der Waals surface area contributed by atoms with Gasteiger partial charge in [0.15, 0.2) is 18.2 Å². The number of hydrogen-bond donors (Lipinski definition) is 3. The van der Waals surface area contributed by atoms with Crippen molar-refractivity contribution in [2.24, 2.45) is 50.7 Å². The van der Waals surface area contributed by atoms with Crippen molar-refractivity contribution >= 4 is 5.97 Å². The maximum absolute atomic E-state index is 12.7. The van der Waals surface area contributed by atoms with Gasteiger partial charge in [-0.1, -0.05) is 41.2 Å². The van der Waals surface area contributed by atoms with Crippen molar-refractivity contribution in [3.63, 3.8) is 0 Å². The number of rotatable bonds is 4. The first-order valence-electron chi connectivity index (χ1n) is 18.0. The molecule has 2 bridgehead atoms. The van der Waals surface area contributed by atoms with Gasteiger partial charge in [0.2, 0.25) is 0 Å². The standard InChI is InChI=1S/C37H56O9/c1-18(2)27-22-15-19(3)29-33(7)13-14-36-17-35(36)12-11-25(44-30-28(43-20(4)38)26(40)21(39)16-42-30)32(5,6)23(35)9-10-24(36)34(33,8)31(41)37(29,45-22)46-27/h19,21-31,39-41H,1,9-17H2,2-8H3/t19-,21-,22-,23+,24+,25+,26+,27+,28-,29-,30+,31-,33-,34-,35-,36-,37+/m1/s1. The number of ether oxygens (including phenoxy) is 5. The molecular formula is C37H56O9. The molecule has 5 saturated carbocycles. The predicted molar refractivity (Wildman–Crippen MR) is 167 cm³/mol. The van der Waals surface area contributed by atoms with E-state index in [1.807, 2.05) is 6.92 Å². The fourth-order valence-corrected chi connectivity index (χ4v) is 14.1. The van der Waals surface area contributed by atoms with E-state index in [1.54, 1.807) is 0 Å². The van der Waals surface area contributed by atoms with Crippen LogP contribution in [0, 0.1) is 50.7 Å². The molecule has 0 aromatic rings. The van der Waals surface area contributed by atoms with Crippen molar-refractivity contribution in [1.82, 2.24) is 0 Å². The van der Waals surface area contributed by atoms with Gasteiger partial charge < -0.3 is 39.0 Å². The van der Waals surface area contributed by atoms with Crippen LogP contribution in [0.25, 0.3) is 0 Å². The van der Waals surface area contributed by atoms with Gasteiger partial charge in [-0.2, -0.15) is 0 Å². The van der Waals surface area contributed by atoms with Crippen LogP contribution >= 0.6 is 0 Å². The molecule has 8 aliphatic rings. The van der Waals surface area contributed by atoms with Crippen LogP contribution in [0.3, 0.4) is 0 Å². The summed E-state index contributed by atoms with van der Waals surface area (Å²) >= 11 is 0. The van der Waals surface area contributed by atoms with Crippen LogP contribution in [0.2, 0.25) is 0 Å². The molecule has 46 heavy (non-hydrogen) atoms. The number of esters is 1. The Hall–Kier alpha value is -1.07. The first kappa shape index (κ1) is 32.2. The summed E-state index contributed by atoms with van der Waals surface area (Å²) in [5.74, 6) is -0.168. The van der Waals surface area contributed by atoms with Crippen molar-refractivity contribution in [3.05, 3.63) is 12.2 Å². The van der Waals surface area contributed by atoms with Gasteiger partial charge in [0.25, 0.3) is 0 Å². The summed E-state index contributed by atoms with van der Waals surface area (Å²) in [5, 5.41) is 33.5. The lowest BCUT2D eigenvalue weighted by atomic mass is 9.41. The summed E-state index contributed by atoms with van der Waals surface area (Å²) in [5.41, 5.74) is 0.731. The van der Waals surface area contributed by atoms with Crippen molar-refractivity contribution in [2.75, 3.05) is 6.61 Å². The van der Waals surface area contributed by atoms with E-state index in [-0.39, 0.29) is 57.9 Å². The summed E-state index contributed by atoms with van der Waals surface area (Å²) < 4.78 is 31.6. The van der Waals surface area contributed by atoms with E-state index in [9.17, 15) is 20.1 Å². The second-order valence-electron chi connectivity index (χ2n) is 18.0. The molecule has 8 fully saturated rings. The van der Waals surface area contributed by atoms with E-state index in [1.165, 1.54) is 19.8 Å². The molecule has 0 unspecified atom stereocenters. The number of hydrogen-bond acceptors (Lipinski definition) is 9. The number of carbonyl (C=O) groups excluding carboxylic acids is 1. The summed E-state index contributed by atoms with van der Waals surface area (Å²) in [6.07, 6.45) is 2.90. The Balaban J connectivity index is 1.08. The monoisotopic (exact) mass is 644 g/mol. The highest BCUT2D eigenvalue weighted by Gasteiger charge is 2.88. The molecule has 5 aliphatic carbocycles. The molecular weight excluding hydrogens is 588 g/mol. The molecule has 3 aliphatic heterocycles. The molecule has 0 aromatic carbocycles. The van der Waals surface area contributed by atoms with Gasteiger partial charge in [-0.15, -0.1) is 0 Å². The summed E-state index contributed by atoms with van der Waals surface area (Å²) in [6, 6.07) is 0. The predicted octanol–water partition coefficient (Wildman–Crippen LogP) is 4.50. The molecule has 3 spiro atoms. The van der Waals surface area contributed by atoms with Crippen LogP contribution in [0.5, 0.6) is 0 Å². The molecule has 0 aromatic heterocycles. The van der Waals surface area contributed by atoms with E-state index in [0.29, 0.717) is 17.8 Å². The Morgan fingerprint density at radius 3 is 2.33 bits per heavy atom. The second kappa shape index (κ2) is 9.79. The summed E-state index contributed by atoms with van der Waals surface area (Å²) in [6.45, 7) is 19.3. The molecule has 9 nitrogen and oxygen atoms in total. The van der Waals surface area contributed by atoms with Crippen LogP contribution in [0.4, 0.5) is 0 Å². The largest absolute Gasteiger partial charge is 0.454 e. The van der Waals surface area contributed by atoms with Gasteiger partial charge in [-0.25, -0.2) is 0 Å². The van der Waals surface area contributed by atoms with Gasteiger partial charge >= 0.3 is 5.97 Å². The van der Waals surface area contributed by atoms with Crippen LogP contribution in [0.1, 0.15) is 99.8 Å². The molecule has 258 valence electrons. The zero-order valence-corrected chi connectivity index (χ0v) is 28.8. The minimum absolute atomic E-state index is 0.0447. The topological polar surface area (TPSA) is 124 Å². The van der Waals surface area contributed by atoms with Crippen molar-refractivity contribution in [2.45, 2.75) is 155 Å². The summed E-state index contributed by atoms with van der Waals surface area (Å²) in [7, 11) is 0. The lowest BCUT2D eigenvalue weighted by molar-refractivity contribution is -0.305. The van der Waals surface area contributed by atoms with Crippen LogP contribution in [-0.4, -0.2) is 82.7 Å². The number of aliphatic hydroxyl groups excluding tert-OH is 3. The van der Waals surface area contributed by atoms with E-state index >= 15 is 0 Å². The molecule has 3 saturated heterocycles. The average molecular weight is 645 g/mol. The van der Waals surface area contributed by atoms with E-state index in [2.05, 4.69) is 41.2 Å². The van der Waals surface area contributed by atoms with Gasteiger partial charge in [-0.3, -0.25) is 4.79 Å². The highest BCUT2D eigenvalue weighted by Crippen LogP contribution is 2.90. The van der Waals surface area contributed by atoms with Gasteiger partial charge in [0.1, 0.15) is 24.4 Å². The van der Waals surface area contributed by atoms with Crippen molar-refractivity contribution < 1.29 is 43.8 Å². The Kier molecular flexibility index (Phi) is 6.84. The Morgan fingerprint density at radius 1 is 0.935 bits per heavy atom. The Labute approximate surface area is 273 Å². The maximum Gasteiger partial charge on any atom is 0.303 e. The fraction of sp³-hybridized carbons (Fsp3) is 0.919. The minimum atomic E-state index is -1.27. The maximum atomic E-state index is 12.7. The average Bonchev–Trinajstić information content (AvgIpc) is 3.50. The first-order chi connectivity index (χ1) is 21.5. The van der Waals surface area contributed by atoms with E-state index in [4.69, 9.17) is 23.7 Å². The SMILES string of the molecule is C=C(C)[C@@H]1O[C@@]23O[C@@H]1C[C@@H](C)[C@@H]2[C@@]1(C)CC[C@]24C[C@@]25CC[C@H](O[C@@H]2OC[C@@H](O)[C@H](O)[C@H]2OC(C)=O)C(C)(C)[C@@H]5CC[C@H]4[C@]1(C)[C@H]3O. The smallest absolute Gasteiger partial charge is 0.303 e. The van der Waals surface area contributed by atoms with Crippen molar-refractivity contribution in [1.29, 1.82) is 0 Å². The molecule has 17 atom stereocenters. The van der Waals surface area contributed by atoms with Crippen LogP contribution in [0.15, 0.2) is 12.2 Å². The third-order valence-electron chi connectivity index (χ3n) is 15.9. The number of carbonyl (C=O) groups is 1. The highest BCUT2D eigenvalue weighted by atomic mass is 16.8. The zero-order valence-electron chi connectivity index (χ0n) is 28.8. The lowest BCUT2D eigenvalue weighted by Crippen LogP contribution is -2.61. The number of fused-ring (bicyclic) bond motifs is 4. The van der Waals surface area contributed by atoms with Crippen LogP contribution in [-0.2, 0) is 28.5 Å². The minimum Gasteiger partial charge on any atom is -0.454 e. The zero-order chi connectivity index (χ0) is 33.0. The first-order valence-corrected chi connectivity index (χ1v) is 18.0. The molecule has 3 N–H and O–H groups in total. The second-order valence-corrected chi connectivity index (χ2v) is 18.0. The number of aliphatic hydroxyl groups is 3. The van der Waals surface area contributed by atoms with Crippen LogP contribution < -0.4 is 0 Å². The quantitative estimate of drug-likeness (QED) is 0.231.